The Hall–Kier alpha value is -1.13. The van der Waals surface area contributed by atoms with Crippen molar-refractivity contribution >= 4 is 6.29 Å². The highest BCUT2D eigenvalue weighted by Gasteiger charge is 2.10. The summed E-state index contributed by atoms with van der Waals surface area (Å²) in [4.78, 5) is 12.8. The zero-order valence-corrected chi connectivity index (χ0v) is 10.8. The summed E-state index contributed by atoms with van der Waals surface area (Å²) in [5.74, 6) is 1.80. The molecule has 1 rings (SSSR count). The quantitative estimate of drug-likeness (QED) is 0.652. The smallest absolute Gasteiger partial charge is 0.185 e. The monoisotopic (exact) mass is 239 g/mol. The van der Waals surface area contributed by atoms with Crippen molar-refractivity contribution in [1.29, 1.82) is 0 Å². The molecule has 0 bridgehead atoms. The molecule has 1 aromatic rings. The first-order valence-corrected chi connectivity index (χ1v) is 5.91. The molecule has 0 aromatic carbocycles. The molecule has 0 unspecified atom stereocenters. The highest BCUT2D eigenvalue weighted by Crippen LogP contribution is 2.10. The number of aldehydes is 1. The zero-order chi connectivity index (χ0) is 12.7. The fourth-order valence-electron chi connectivity index (χ4n) is 1.73. The van der Waals surface area contributed by atoms with Crippen molar-refractivity contribution in [3.63, 3.8) is 0 Å². The molecule has 17 heavy (non-hydrogen) atoms. The van der Waals surface area contributed by atoms with Crippen LogP contribution in [0.3, 0.4) is 0 Å². The van der Waals surface area contributed by atoms with E-state index in [0.29, 0.717) is 18.3 Å². The van der Waals surface area contributed by atoms with Crippen LogP contribution in [0.5, 0.6) is 0 Å². The summed E-state index contributed by atoms with van der Waals surface area (Å²) in [6.07, 6.45) is 0.728. The molecule has 4 nitrogen and oxygen atoms in total. The maximum absolute atomic E-state index is 10.5. The predicted molar refractivity (Wildman–Crippen MR) is 66.1 cm³/mol. The molecule has 4 heteroatoms. The van der Waals surface area contributed by atoms with E-state index in [1.165, 1.54) is 0 Å². The number of nitrogens with zero attached hydrogens (tertiary/aromatic N) is 1. The van der Waals surface area contributed by atoms with Gasteiger partial charge in [0.15, 0.2) is 12.0 Å². The minimum absolute atomic E-state index is 0.385. The Kier molecular flexibility index (Phi) is 5.94. The number of carbonyl (C=O) groups is 1. The van der Waals surface area contributed by atoms with Crippen LogP contribution in [0.25, 0.3) is 0 Å². The Balaban J connectivity index is 2.54. The fraction of sp³-hybridized carbons (Fsp3) is 0.615. The third-order valence-electron chi connectivity index (χ3n) is 2.41. The van der Waals surface area contributed by atoms with E-state index >= 15 is 0 Å². The van der Waals surface area contributed by atoms with Crippen molar-refractivity contribution in [3.05, 3.63) is 23.7 Å². The van der Waals surface area contributed by atoms with Gasteiger partial charge in [-0.05, 0) is 18.1 Å². The van der Waals surface area contributed by atoms with Crippen molar-refractivity contribution < 1.29 is 13.9 Å². The first kappa shape index (κ1) is 13.9. The second-order valence-corrected chi connectivity index (χ2v) is 4.54. The third-order valence-corrected chi connectivity index (χ3v) is 2.41. The average molecular weight is 239 g/mol. The van der Waals surface area contributed by atoms with E-state index in [-0.39, 0.29) is 0 Å². The van der Waals surface area contributed by atoms with Crippen LogP contribution in [0.2, 0.25) is 0 Å². The summed E-state index contributed by atoms with van der Waals surface area (Å²) in [6, 6.07) is 3.55. The number of rotatable bonds is 8. The average Bonchev–Trinajstić information content (AvgIpc) is 2.73. The van der Waals surface area contributed by atoms with E-state index in [1.54, 1.807) is 13.2 Å². The lowest BCUT2D eigenvalue weighted by Crippen LogP contribution is -2.30. The standard InChI is InChI=1S/C13H21NO3/c1-11(2)8-14(6-7-16-3)9-12-4-5-13(10-15)17-12/h4-5,10-11H,6-9H2,1-3H3. The molecule has 0 saturated heterocycles. The molecule has 0 fully saturated rings. The van der Waals surface area contributed by atoms with Gasteiger partial charge in [0.1, 0.15) is 5.76 Å². The van der Waals surface area contributed by atoms with E-state index in [4.69, 9.17) is 9.15 Å². The summed E-state index contributed by atoms with van der Waals surface area (Å²) in [5, 5.41) is 0. The van der Waals surface area contributed by atoms with Gasteiger partial charge in [0.25, 0.3) is 0 Å². The maximum Gasteiger partial charge on any atom is 0.185 e. The highest BCUT2D eigenvalue weighted by atomic mass is 16.5. The highest BCUT2D eigenvalue weighted by molar-refractivity contribution is 5.70. The second-order valence-electron chi connectivity index (χ2n) is 4.54. The van der Waals surface area contributed by atoms with Gasteiger partial charge >= 0.3 is 0 Å². The van der Waals surface area contributed by atoms with Gasteiger partial charge in [0.05, 0.1) is 13.2 Å². The number of hydrogen-bond donors (Lipinski definition) is 0. The Bertz CT molecular complexity index is 333. The largest absolute Gasteiger partial charge is 0.457 e. The van der Waals surface area contributed by atoms with Gasteiger partial charge in [-0.2, -0.15) is 0 Å². The number of hydrogen-bond acceptors (Lipinski definition) is 4. The topological polar surface area (TPSA) is 42.7 Å². The Morgan fingerprint density at radius 3 is 2.76 bits per heavy atom. The molecule has 0 amide bonds. The van der Waals surface area contributed by atoms with Crippen LogP contribution in [-0.2, 0) is 11.3 Å². The Labute approximate surface area is 103 Å². The van der Waals surface area contributed by atoms with E-state index in [2.05, 4.69) is 18.7 Å². The predicted octanol–water partition coefficient (Wildman–Crippen LogP) is 2.20. The molecule has 1 heterocycles. The van der Waals surface area contributed by atoms with E-state index in [9.17, 15) is 4.79 Å². The van der Waals surface area contributed by atoms with Gasteiger partial charge in [-0.15, -0.1) is 0 Å². The van der Waals surface area contributed by atoms with E-state index in [1.807, 2.05) is 6.07 Å². The van der Waals surface area contributed by atoms with E-state index in [0.717, 1.165) is 31.7 Å². The number of ether oxygens (including phenoxy) is 1. The summed E-state index contributed by atoms with van der Waals surface area (Å²) in [5.41, 5.74) is 0. The first-order valence-electron chi connectivity index (χ1n) is 5.91. The van der Waals surface area contributed by atoms with Gasteiger partial charge < -0.3 is 9.15 Å². The molecule has 0 aliphatic rings. The summed E-state index contributed by atoms with van der Waals surface area (Å²) in [7, 11) is 1.70. The molecule has 0 N–H and O–H groups in total. The molecule has 0 spiro atoms. The van der Waals surface area contributed by atoms with Crippen molar-refractivity contribution in [2.24, 2.45) is 5.92 Å². The van der Waals surface area contributed by atoms with Gasteiger partial charge in [0.2, 0.25) is 0 Å². The van der Waals surface area contributed by atoms with Gasteiger partial charge in [-0.3, -0.25) is 9.69 Å². The maximum atomic E-state index is 10.5. The van der Waals surface area contributed by atoms with Crippen molar-refractivity contribution in [2.75, 3.05) is 26.8 Å². The lowest BCUT2D eigenvalue weighted by Gasteiger charge is -2.22. The molecule has 0 aliphatic carbocycles. The van der Waals surface area contributed by atoms with Crippen LogP contribution >= 0.6 is 0 Å². The lowest BCUT2D eigenvalue weighted by atomic mass is 10.2. The normalized spacial score (nSPS) is 11.4. The molecular formula is C13H21NO3. The minimum atomic E-state index is 0.385. The summed E-state index contributed by atoms with van der Waals surface area (Å²) < 4.78 is 10.5. The number of furan rings is 1. The molecule has 0 atom stereocenters. The van der Waals surface area contributed by atoms with Crippen molar-refractivity contribution in [2.45, 2.75) is 20.4 Å². The Morgan fingerprint density at radius 1 is 1.47 bits per heavy atom. The molecule has 0 aliphatic heterocycles. The molecule has 0 radical (unpaired) electrons. The Morgan fingerprint density at radius 2 is 2.24 bits per heavy atom. The van der Waals surface area contributed by atoms with Crippen LogP contribution in [0.15, 0.2) is 16.5 Å². The van der Waals surface area contributed by atoms with Crippen LogP contribution in [-0.4, -0.2) is 38.0 Å². The van der Waals surface area contributed by atoms with Crippen LogP contribution < -0.4 is 0 Å². The van der Waals surface area contributed by atoms with Gasteiger partial charge in [0, 0.05) is 20.2 Å². The van der Waals surface area contributed by atoms with E-state index < -0.39 is 0 Å². The minimum Gasteiger partial charge on any atom is -0.457 e. The van der Waals surface area contributed by atoms with Crippen molar-refractivity contribution in [3.8, 4) is 0 Å². The molecular weight excluding hydrogens is 218 g/mol. The first-order chi connectivity index (χ1) is 8.15. The van der Waals surface area contributed by atoms with Gasteiger partial charge in [-0.1, -0.05) is 13.8 Å². The molecule has 96 valence electrons. The number of carbonyl (C=O) groups excluding carboxylic acids is 1. The van der Waals surface area contributed by atoms with Crippen LogP contribution in [0.4, 0.5) is 0 Å². The van der Waals surface area contributed by atoms with Crippen LogP contribution in [0.1, 0.15) is 30.2 Å². The van der Waals surface area contributed by atoms with Crippen LogP contribution in [0, 0.1) is 5.92 Å². The fourth-order valence-corrected chi connectivity index (χ4v) is 1.73. The number of methoxy groups -OCH3 is 1. The molecule has 0 saturated carbocycles. The SMILES string of the molecule is COCCN(Cc1ccc(C=O)o1)CC(C)C. The zero-order valence-electron chi connectivity index (χ0n) is 10.8. The van der Waals surface area contributed by atoms with Crippen molar-refractivity contribution in [1.82, 2.24) is 4.90 Å². The third kappa shape index (κ3) is 5.15. The lowest BCUT2D eigenvalue weighted by molar-refractivity contribution is 0.109. The second kappa shape index (κ2) is 7.25. The van der Waals surface area contributed by atoms with Gasteiger partial charge in [-0.25, -0.2) is 0 Å². The molecule has 1 aromatic heterocycles. The summed E-state index contributed by atoms with van der Waals surface area (Å²) in [6.45, 7) is 7.63. The summed E-state index contributed by atoms with van der Waals surface area (Å²) >= 11 is 0.